The number of aromatic nitrogens is 3. The minimum atomic E-state index is 0.341. The van der Waals surface area contributed by atoms with Crippen LogP contribution in [-0.4, -0.2) is 42.1 Å². The number of piperidine rings is 1. The van der Waals surface area contributed by atoms with Gasteiger partial charge in [-0.1, -0.05) is 19.9 Å². The van der Waals surface area contributed by atoms with E-state index < -0.39 is 0 Å². The molecule has 3 heterocycles. The van der Waals surface area contributed by atoms with Crippen molar-refractivity contribution in [3.8, 4) is 0 Å². The molecule has 3 rings (SSSR count). The number of rotatable bonds is 5. The molecule has 1 aliphatic rings. The van der Waals surface area contributed by atoms with E-state index in [9.17, 15) is 0 Å². The Kier molecular flexibility index (Phi) is 5.06. The molecule has 0 atom stereocenters. The summed E-state index contributed by atoms with van der Waals surface area (Å²) in [4.78, 5) is 18.0. The van der Waals surface area contributed by atoms with Crippen molar-refractivity contribution in [1.82, 2.24) is 15.0 Å². The standard InChI is InChI=1S/C19H28N6/c1-19(2)10-6-12-25(14-19)17-9-11-20-18(23-17)21-13-15-7-5-8-16(22-15)24(3)4/h5,7-9,11H,6,10,12-14H2,1-4H3,(H,20,21,23). The predicted octanol–water partition coefficient (Wildman–Crippen LogP) is 3.18. The third-order valence-electron chi connectivity index (χ3n) is 4.54. The summed E-state index contributed by atoms with van der Waals surface area (Å²) in [5.74, 6) is 2.60. The largest absolute Gasteiger partial charge is 0.363 e. The van der Waals surface area contributed by atoms with Gasteiger partial charge in [0.25, 0.3) is 0 Å². The quantitative estimate of drug-likeness (QED) is 0.902. The lowest BCUT2D eigenvalue weighted by atomic mass is 9.84. The normalized spacial score (nSPS) is 16.6. The Labute approximate surface area is 150 Å². The van der Waals surface area contributed by atoms with Gasteiger partial charge in [-0.15, -0.1) is 0 Å². The number of hydrogen-bond acceptors (Lipinski definition) is 6. The zero-order chi connectivity index (χ0) is 17.9. The van der Waals surface area contributed by atoms with Gasteiger partial charge in [0, 0.05) is 33.4 Å². The molecule has 0 aliphatic carbocycles. The lowest BCUT2D eigenvalue weighted by molar-refractivity contribution is 0.292. The predicted molar refractivity (Wildman–Crippen MR) is 103 cm³/mol. The van der Waals surface area contributed by atoms with Crippen molar-refractivity contribution in [1.29, 1.82) is 0 Å². The van der Waals surface area contributed by atoms with E-state index in [0.29, 0.717) is 17.9 Å². The zero-order valence-corrected chi connectivity index (χ0v) is 15.7. The van der Waals surface area contributed by atoms with E-state index in [1.165, 1.54) is 12.8 Å². The second-order valence-electron chi connectivity index (χ2n) is 7.66. The van der Waals surface area contributed by atoms with Gasteiger partial charge < -0.3 is 15.1 Å². The summed E-state index contributed by atoms with van der Waals surface area (Å²) in [6.07, 6.45) is 4.31. The Hall–Kier alpha value is -2.37. The van der Waals surface area contributed by atoms with E-state index >= 15 is 0 Å². The van der Waals surface area contributed by atoms with E-state index in [-0.39, 0.29) is 0 Å². The van der Waals surface area contributed by atoms with Gasteiger partial charge >= 0.3 is 0 Å². The maximum Gasteiger partial charge on any atom is 0.224 e. The van der Waals surface area contributed by atoms with Crippen molar-refractivity contribution in [2.45, 2.75) is 33.2 Å². The zero-order valence-electron chi connectivity index (χ0n) is 15.7. The SMILES string of the molecule is CN(C)c1cccc(CNc2nccc(N3CCCC(C)(C)C3)n2)n1. The van der Waals surface area contributed by atoms with Crippen molar-refractivity contribution in [2.24, 2.45) is 5.41 Å². The van der Waals surface area contributed by atoms with Gasteiger partial charge in [-0.25, -0.2) is 9.97 Å². The Morgan fingerprint density at radius 2 is 2.04 bits per heavy atom. The molecule has 0 aromatic carbocycles. The highest BCUT2D eigenvalue weighted by Crippen LogP contribution is 2.30. The molecule has 1 saturated heterocycles. The molecule has 0 radical (unpaired) electrons. The third kappa shape index (κ3) is 4.59. The van der Waals surface area contributed by atoms with E-state index in [1.807, 2.05) is 49.5 Å². The van der Waals surface area contributed by atoms with Gasteiger partial charge in [-0.3, -0.25) is 0 Å². The Morgan fingerprint density at radius 1 is 1.20 bits per heavy atom. The van der Waals surface area contributed by atoms with Crippen molar-refractivity contribution in [2.75, 3.05) is 42.3 Å². The van der Waals surface area contributed by atoms with E-state index in [0.717, 1.165) is 30.4 Å². The van der Waals surface area contributed by atoms with Crippen molar-refractivity contribution >= 4 is 17.6 Å². The molecular formula is C19H28N6. The van der Waals surface area contributed by atoms with Crippen LogP contribution in [-0.2, 0) is 6.54 Å². The van der Waals surface area contributed by atoms with E-state index in [2.05, 4.69) is 34.0 Å². The van der Waals surface area contributed by atoms with Crippen LogP contribution in [0.4, 0.5) is 17.6 Å². The Balaban J connectivity index is 1.67. The smallest absolute Gasteiger partial charge is 0.224 e. The molecule has 0 saturated carbocycles. The molecule has 1 aliphatic heterocycles. The molecule has 0 bridgehead atoms. The number of nitrogens with zero attached hydrogens (tertiary/aromatic N) is 5. The number of anilines is 3. The van der Waals surface area contributed by atoms with E-state index in [1.54, 1.807) is 0 Å². The first-order valence-corrected chi connectivity index (χ1v) is 8.88. The molecule has 0 unspecified atom stereocenters. The van der Waals surface area contributed by atoms with Gasteiger partial charge in [0.1, 0.15) is 11.6 Å². The van der Waals surface area contributed by atoms with Crippen LogP contribution < -0.4 is 15.1 Å². The average Bonchev–Trinajstić information content (AvgIpc) is 2.59. The van der Waals surface area contributed by atoms with Crippen molar-refractivity contribution < 1.29 is 0 Å². The minimum absolute atomic E-state index is 0.341. The number of hydrogen-bond donors (Lipinski definition) is 1. The van der Waals surface area contributed by atoms with Gasteiger partial charge in [-0.05, 0) is 36.5 Å². The summed E-state index contributed by atoms with van der Waals surface area (Å²) in [7, 11) is 3.98. The fraction of sp³-hybridized carbons (Fsp3) is 0.526. The molecule has 6 heteroatoms. The minimum Gasteiger partial charge on any atom is -0.363 e. The summed E-state index contributed by atoms with van der Waals surface area (Å²) in [5.41, 5.74) is 1.31. The maximum atomic E-state index is 4.70. The maximum absolute atomic E-state index is 4.70. The average molecular weight is 340 g/mol. The first kappa shape index (κ1) is 17.5. The fourth-order valence-electron chi connectivity index (χ4n) is 3.21. The first-order valence-electron chi connectivity index (χ1n) is 8.88. The highest BCUT2D eigenvalue weighted by Gasteiger charge is 2.27. The third-order valence-corrected chi connectivity index (χ3v) is 4.54. The van der Waals surface area contributed by atoms with Gasteiger partial charge in [-0.2, -0.15) is 4.98 Å². The first-order chi connectivity index (χ1) is 11.9. The van der Waals surface area contributed by atoms with Gasteiger partial charge in [0.2, 0.25) is 5.95 Å². The van der Waals surface area contributed by atoms with Crippen LogP contribution in [0, 0.1) is 5.41 Å². The molecule has 2 aromatic rings. The summed E-state index contributed by atoms with van der Waals surface area (Å²) in [5, 5.41) is 3.30. The molecule has 1 fully saturated rings. The fourth-order valence-corrected chi connectivity index (χ4v) is 3.21. The molecule has 2 aromatic heterocycles. The van der Waals surface area contributed by atoms with Crippen LogP contribution in [0.25, 0.3) is 0 Å². The van der Waals surface area contributed by atoms with Crippen LogP contribution in [0.2, 0.25) is 0 Å². The molecule has 134 valence electrons. The summed E-state index contributed by atoms with van der Waals surface area (Å²) in [6.45, 7) is 7.35. The topological polar surface area (TPSA) is 57.2 Å². The van der Waals surface area contributed by atoms with Crippen LogP contribution >= 0.6 is 0 Å². The van der Waals surface area contributed by atoms with Crippen molar-refractivity contribution in [3.63, 3.8) is 0 Å². The molecular weight excluding hydrogens is 312 g/mol. The summed E-state index contributed by atoms with van der Waals surface area (Å²) < 4.78 is 0. The Morgan fingerprint density at radius 3 is 2.80 bits per heavy atom. The summed E-state index contributed by atoms with van der Waals surface area (Å²) >= 11 is 0. The van der Waals surface area contributed by atoms with Crippen LogP contribution in [0.3, 0.4) is 0 Å². The lowest BCUT2D eigenvalue weighted by Gasteiger charge is -2.38. The molecule has 6 nitrogen and oxygen atoms in total. The van der Waals surface area contributed by atoms with Crippen LogP contribution in [0.5, 0.6) is 0 Å². The molecule has 0 spiro atoms. The van der Waals surface area contributed by atoms with Crippen LogP contribution in [0.1, 0.15) is 32.4 Å². The van der Waals surface area contributed by atoms with Gasteiger partial charge in [0.15, 0.2) is 0 Å². The second kappa shape index (κ2) is 7.25. The molecule has 1 N–H and O–H groups in total. The van der Waals surface area contributed by atoms with Crippen LogP contribution in [0.15, 0.2) is 30.5 Å². The number of nitrogens with one attached hydrogen (secondary N) is 1. The van der Waals surface area contributed by atoms with Gasteiger partial charge in [0.05, 0.1) is 12.2 Å². The highest BCUT2D eigenvalue weighted by molar-refractivity contribution is 5.44. The van der Waals surface area contributed by atoms with Crippen molar-refractivity contribution in [3.05, 3.63) is 36.2 Å². The molecule has 25 heavy (non-hydrogen) atoms. The lowest BCUT2D eigenvalue weighted by Crippen LogP contribution is -2.40. The highest BCUT2D eigenvalue weighted by atomic mass is 15.2. The Bertz CT molecular complexity index is 713. The second-order valence-corrected chi connectivity index (χ2v) is 7.66. The molecule has 0 amide bonds. The monoisotopic (exact) mass is 340 g/mol. The number of pyridine rings is 1. The van der Waals surface area contributed by atoms with E-state index in [4.69, 9.17) is 4.98 Å². The summed E-state index contributed by atoms with van der Waals surface area (Å²) in [6, 6.07) is 8.03.